The molecule has 0 spiro atoms. The minimum absolute atomic E-state index is 0.124. The maximum absolute atomic E-state index is 7.65. The Kier molecular flexibility index (Phi) is 9.28. The van der Waals surface area contributed by atoms with Gasteiger partial charge in [0, 0.05) is 5.92 Å². The molecule has 53 heavy (non-hydrogen) atoms. The first kappa shape index (κ1) is 34.6. The van der Waals surface area contributed by atoms with E-state index in [1.54, 1.807) is 0 Å². The fourth-order valence-electron chi connectivity index (χ4n) is 8.85. The summed E-state index contributed by atoms with van der Waals surface area (Å²) in [5.41, 5.74) is 2.81. The monoisotopic (exact) mass is 720 g/mol. The number of hydrogen-bond donors (Lipinski definition) is 0. The molecule has 0 amide bonds. The van der Waals surface area contributed by atoms with Crippen LogP contribution < -0.4 is 0 Å². The molecule has 268 valence electrons. The highest BCUT2D eigenvalue weighted by atomic mass is 31.2. The molecule has 3 aliphatic rings. The van der Waals surface area contributed by atoms with Crippen LogP contribution in [0.5, 0.6) is 0 Å². The molecule has 5 nitrogen and oxygen atoms in total. The van der Waals surface area contributed by atoms with Gasteiger partial charge in [-0.3, -0.25) is 9.05 Å². The Morgan fingerprint density at radius 2 is 0.943 bits per heavy atom. The highest BCUT2D eigenvalue weighted by molar-refractivity contribution is 7.41. The van der Waals surface area contributed by atoms with Crippen LogP contribution in [0.15, 0.2) is 164 Å². The Bertz CT molecular complexity index is 1960. The summed E-state index contributed by atoms with van der Waals surface area (Å²) in [5.74, 6) is -0.764. The third-order valence-corrected chi connectivity index (χ3v) is 12.6. The van der Waals surface area contributed by atoms with E-state index in [4.69, 9.17) is 23.0 Å². The Morgan fingerprint density at radius 1 is 0.509 bits per heavy atom. The van der Waals surface area contributed by atoms with Crippen LogP contribution in [0.3, 0.4) is 0 Å². The smallest absolute Gasteiger partial charge is 0.335 e. The van der Waals surface area contributed by atoms with Gasteiger partial charge < -0.3 is 14.0 Å². The van der Waals surface area contributed by atoms with Crippen molar-refractivity contribution in [2.45, 2.75) is 80.7 Å². The van der Waals surface area contributed by atoms with Crippen molar-refractivity contribution in [3.05, 3.63) is 192 Å². The van der Waals surface area contributed by atoms with Crippen molar-refractivity contribution in [2.75, 3.05) is 0 Å². The first-order valence-corrected chi connectivity index (χ1v) is 20.0. The van der Waals surface area contributed by atoms with Gasteiger partial charge in [0.1, 0.15) is 12.2 Å². The van der Waals surface area contributed by atoms with Gasteiger partial charge in [-0.15, -0.1) is 0 Å². The normalized spacial score (nSPS) is 25.0. The van der Waals surface area contributed by atoms with E-state index in [9.17, 15) is 0 Å². The lowest BCUT2D eigenvalue weighted by atomic mass is 9.72. The average Bonchev–Trinajstić information content (AvgIpc) is 3.50. The molecule has 3 fully saturated rings. The number of benzene rings is 6. The van der Waals surface area contributed by atoms with Gasteiger partial charge in [-0.05, 0) is 65.3 Å². The van der Waals surface area contributed by atoms with E-state index in [-0.39, 0.29) is 12.0 Å². The molecule has 2 aliphatic heterocycles. The molecular formula is C47H45O5P. The summed E-state index contributed by atoms with van der Waals surface area (Å²) in [6.07, 6.45) is 2.76. The van der Waals surface area contributed by atoms with Crippen molar-refractivity contribution >= 4 is 19.4 Å². The molecule has 0 aromatic heterocycles. The van der Waals surface area contributed by atoms with Gasteiger partial charge in [0.15, 0.2) is 17.0 Å². The molecule has 2 heterocycles. The van der Waals surface area contributed by atoms with Gasteiger partial charge >= 0.3 is 8.60 Å². The summed E-state index contributed by atoms with van der Waals surface area (Å²) < 4.78 is 37.0. The Balaban J connectivity index is 1.26. The van der Waals surface area contributed by atoms with Crippen molar-refractivity contribution in [2.24, 2.45) is 0 Å². The minimum Gasteiger partial charge on any atom is -0.341 e. The standard InChI is InChI=1S/C47H45O5P/c1-45(2)48-43-44(49-45)47(39-25-11-5-12-26-39,40-27-13-6-14-28-40)52-53(51-46(43,37-21-7-3-8-22-37)38-23-9-4-10-24-38)50-42-30-18-17-29-41(42)36-32-31-34-19-15-16-20-35(34)33-36/h3-16,19-28,31-33,41-44H,17-18,29-30H2,1-2H3/t41-,42+,43+,44+/m0/s1. The van der Waals surface area contributed by atoms with Crippen LogP contribution >= 0.6 is 8.60 Å². The zero-order valence-corrected chi connectivity index (χ0v) is 31.1. The second-order valence-corrected chi connectivity index (χ2v) is 16.0. The highest BCUT2D eigenvalue weighted by Crippen LogP contribution is 2.66. The summed E-state index contributed by atoms with van der Waals surface area (Å²) in [5, 5.41) is 2.48. The van der Waals surface area contributed by atoms with Gasteiger partial charge in [0.25, 0.3) is 0 Å². The van der Waals surface area contributed by atoms with Crippen LogP contribution in [-0.4, -0.2) is 24.1 Å². The Labute approximate surface area is 313 Å². The molecule has 1 aliphatic carbocycles. The molecule has 4 atom stereocenters. The molecule has 2 saturated heterocycles. The van der Waals surface area contributed by atoms with E-state index >= 15 is 0 Å². The molecule has 9 rings (SSSR count). The predicted octanol–water partition coefficient (Wildman–Crippen LogP) is 11.6. The fourth-order valence-corrected chi connectivity index (χ4v) is 10.5. The second-order valence-electron chi connectivity index (χ2n) is 15.0. The Morgan fingerprint density at radius 3 is 1.43 bits per heavy atom. The molecule has 6 heteroatoms. The zero-order valence-electron chi connectivity index (χ0n) is 30.2. The van der Waals surface area contributed by atoms with Crippen LogP contribution in [0, 0.1) is 0 Å². The van der Waals surface area contributed by atoms with Crippen molar-refractivity contribution in [3.63, 3.8) is 0 Å². The molecule has 1 saturated carbocycles. The van der Waals surface area contributed by atoms with Crippen LogP contribution in [0.2, 0.25) is 0 Å². The van der Waals surface area contributed by atoms with Crippen molar-refractivity contribution in [1.82, 2.24) is 0 Å². The number of hydrogen-bond acceptors (Lipinski definition) is 5. The van der Waals surface area contributed by atoms with Crippen LogP contribution in [0.1, 0.15) is 73.3 Å². The van der Waals surface area contributed by atoms with E-state index in [1.165, 1.54) is 16.3 Å². The molecule has 0 bridgehead atoms. The van der Waals surface area contributed by atoms with Crippen LogP contribution in [-0.2, 0) is 34.2 Å². The van der Waals surface area contributed by atoms with E-state index in [1.807, 2.05) is 38.1 Å². The summed E-state index contributed by atoms with van der Waals surface area (Å²) in [6.45, 7) is 3.97. The second kappa shape index (κ2) is 14.2. The average molecular weight is 721 g/mol. The van der Waals surface area contributed by atoms with Gasteiger partial charge in [-0.2, -0.15) is 0 Å². The third-order valence-electron chi connectivity index (χ3n) is 11.3. The molecule has 0 unspecified atom stereocenters. The first-order valence-electron chi connectivity index (χ1n) is 18.9. The van der Waals surface area contributed by atoms with E-state index < -0.39 is 37.8 Å². The lowest BCUT2D eigenvalue weighted by Crippen LogP contribution is -2.53. The van der Waals surface area contributed by atoms with Gasteiger partial charge in [-0.25, -0.2) is 0 Å². The number of fused-ring (bicyclic) bond motifs is 2. The zero-order chi connectivity index (χ0) is 35.9. The SMILES string of the molecule is CC1(C)O[C@@H]2[C@@H](O1)C(c1ccccc1)(c1ccccc1)OP(O[C@@H]1CCCC[C@H]1c1ccc3ccccc3c1)OC2(c1ccccc1)c1ccccc1. The van der Waals surface area contributed by atoms with E-state index in [0.29, 0.717) is 0 Å². The largest absolute Gasteiger partial charge is 0.341 e. The first-order chi connectivity index (χ1) is 26.0. The summed E-state index contributed by atoms with van der Waals surface area (Å²) >= 11 is 0. The van der Waals surface area contributed by atoms with Crippen LogP contribution in [0.25, 0.3) is 10.8 Å². The lowest BCUT2D eigenvalue weighted by molar-refractivity contribution is -0.177. The number of rotatable bonds is 7. The van der Waals surface area contributed by atoms with Crippen molar-refractivity contribution < 1.29 is 23.0 Å². The van der Waals surface area contributed by atoms with E-state index in [0.717, 1.165) is 47.9 Å². The minimum atomic E-state index is -2.06. The quantitative estimate of drug-likeness (QED) is 0.154. The highest BCUT2D eigenvalue weighted by Gasteiger charge is 2.67. The Hall–Kier alpha value is -4.19. The maximum atomic E-state index is 7.65. The maximum Gasteiger partial charge on any atom is 0.335 e. The molecule has 6 aromatic rings. The summed E-state index contributed by atoms with van der Waals surface area (Å²) in [7, 11) is -2.06. The third kappa shape index (κ3) is 6.24. The molecule has 0 radical (unpaired) electrons. The lowest BCUT2D eigenvalue weighted by Gasteiger charge is -2.41. The van der Waals surface area contributed by atoms with Crippen molar-refractivity contribution in [1.29, 1.82) is 0 Å². The fraction of sp³-hybridized carbons (Fsp3) is 0.277. The summed E-state index contributed by atoms with van der Waals surface area (Å²) in [4.78, 5) is 0. The topological polar surface area (TPSA) is 46.2 Å². The van der Waals surface area contributed by atoms with Gasteiger partial charge in [0.2, 0.25) is 0 Å². The van der Waals surface area contributed by atoms with Gasteiger partial charge in [-0.1, -0.05) is 177 Å². The van der Waals surface area contributed by atoms with Crippen molar-refractivity contribution in [3.8, 4) is 0 Å². The van der Waals surface area contributed by atoms with Crippen LogP contribution in [0.4, 0.5) is 0 Å². The molecule has 6 aromatic carbocycles. The number of ether oxygens (including phenoxy) is 2. The molecule has 0 N–H and O–H groups in total. The predicted molar refractivity (Wildman–Crippen MR) is 210 cm³/mol. The van der Waals surface area contributed by atoms with Gasteiger partial charge in [0.05, 0.1) is 6.10 Å². The summed E-state index contributed by atoms with van der Waals surface area (Å²) in [6, 6.07) is 57.1. The molecular weight excluding hydrogens is 675 g/mol. The van der Waals surface area contributed by atoms with E-state index in [2.05, 4.69) is 140 Å².